The molecule has 8 nitrogen and oxygen atoms in total. The first-order chi connectivity index (χ1) is 10.1. The predicted molar refractivity (Wildman–Crippen MR) is 75.2 cm³/mol. The SMILES string of the molecule is Cc1ccc(NC(=O)c2cn[nH]c2C)cc1-n1cnnn1. The number of hydrogen-bond acceptors (Lipinski definition) is 5. The van der Waals surface area contributed by atoms with E-state index < -0.39 is 0 Å². The van der Waals surface area contributed by atoms with Crippen LogP contribution in [-0.4, -0.2) is 36.3 Å². The van der Waals surface area contributed by atoms with Gasteiger partial charge in [-0.1, -0.05) is 6.07 Å². The summed E-state index contributed by atoms with van der Waals surface area (Å²) in [4.78, 5) is 12.2. The van der Waals surface area contributed by atoms with Gasteiger partial charge in [-0.15, -0.1) is 5.10 Å². The summed E-state index contributed by atoms with van der Waals surface area (Å²) in [6, 6.07) is 5.55. The zero-order chi connectivity index (χ0) is 14.8. The highest BCUT2D eigenvalue weighted by Gasteiger charge is 2.12. The second-order valence-corrected chi connectivity index (χ2v) is 4.62. The average molecular weight is 283 g/mol. The highest BCUT2D eigenvalue weighted by molar-refractivity contribution is 6.04. The van der Waals surface area contributed by atoms with E-state index in [1.807, 2.05) is 25.1 Å². The molecule has 106 valence electrons. The van der Waals surface area contributed by atoms with Crippen molar-refractivity contribution in [1.82, 2.24) is 30.4 Å². The molecule has 3 aromatic rings. The van der Waals surface area contributed by atoms with Gasteiger partial charge in [-0.3, -0.25) is 9.89 Å². The molecule has 0 aliphatic rings. The summed E-state index contributed by atoms with van der Waals surface area (Å²) >= 11 is 0. The Hall–Kier alpha value is -3.03. The number of anilines is 1. The molecule has 0 atom stereocenters. The third-order valence-corrected chi connectivity index (χ3v) is 3.14. The Labute approximate surface area is 120 Å². The molecule has 0 saturated carbocycles. The Bertz CT molecular complexity index is 776. The molecule has 1 amide bonds. The Morgan fingerprint density at radius 2 is 2.19 bits per heavy atom. The van der Waals surface area contributed by atoms with E-state index in [0.717, 1.165) is 16.9 Å². The van der Waals surface area contributed by atoms with Gasteiger partial charge in [0.2, 0.25) is 0 Å². The van der Waals surface area contributed by atoms with Crippen LogP contribution in [0.25, 0.3) is 5.69 Å². The van der Waals surface area contributed by atoms with Crippen molar-refractivity contribution < 1.29 is 4.79 Å². The lowest BCUT2D eigenvalue weighted by atomic mass is 10.1. The van der Waals surface area contributed by atoms with E-state index in [1.165, 1.54) is 12.5 Å². The largest absolute Gasteiger partial charge is 0.322 e. The van der Waals surface area contributed by atoms with Crippen molar-refractivity contribution in [1.29, 1.82) is 0 Å². The molecular formula is C13H13N7O. The molecular weight excluding hydrogens is 270 g/mol. The van der Waals surface area contributed by atoms with Gasteiger partial charge in [0, 0.05) is 11.4 Å². The maximum atomic E-state index is 12.2. The first-order valence-corrected chi connectivity index (χ1v) is 6.30. The molecule has 0 unspecified atom stereocenters. The Morgan fingerprint density at radius 1 is 1.33 bits per heavy atom. The lowest BCUT2D eigenvalue weighted by molar-refractivity contribution is 0.102. The standard InChI is InChI=1S/C13H13N7O/c1-8-3-4-10(5-12(8)20-7-15-18-19-20)16-13(21)11-6-14-17-9(11)2/h3-7H,1-2H3,(H,14,17)(H,16,21). The number of aryl methyl sites for hydroxylation is 2. The van der Waals surface area contributed by atoms with E-state index in [-0.39, 0.29) is 5.91 Å². The summed E-state index contributed by atoms with van der Waals surface area (Å²) in [5, 5.41) is 20.5. The average Bonchev–Trinajstić information content (AvgIpc) is 3.12. The maximum absolute atomic E-state index is 12.2. The van der Waals surface area contributed by atoms with Crippen LogP contribution in [0, 0.1) is 13.8 Å². The van der Waals surface area contributed by atoms with Gasteiger partial charge in [0.1, 0.15) is 6.33 Å². The number of hydrogen-bond donors (Lipinski definition) is 2. The van der Waals surface area contributed by atoms with Crippen LogP contribution in [0.1, 0.15) is 21.6 Å². The third-order valence-electron chi connectivity index (χ3n) is 3.14. The number of benzene rings is 1. The van der Waals surface area contributed by atoms with E-state index >= 15 is 0 Å². The molecule has 0 aliphatic carbocycles. The highest BCUT2D eigenvalue weighted by atomic mass is 16.1. The van der Waals surface area contributed by atoms with Crippen LogP contribution in [-0.2, 0) is 0 Å². The zero-order valence-electron chi connectivity index (χ0n) is 11.5. The molecule has 21 heavy (non-hydrogen) atoms. The molecule has 2 heterocycles. The van der Waals surface area contributed by atoms with E-state index in [9.17, 15) is 4.79 Å². The Balaban J connectivity index is 1.89. The molecule has 3 rings (SSSR count). The van der Waals surface area contributed by atoms with Crippen molar-refractivity contribution in [3.05, 3.63) is 47.5 Å². The summed E-state index contributed by atoms with van der Waals surface area (Å²) in [7, 11) is 0. The summed E-state index contributed by atoms with van der Waals surface area (Å²) in [6.07, 6.45) is 3.01. The second kappa shape index (κ2) is 5.16. The maximum Gasteiger partial charge on any atom is 0.259 e. The van der Waals surface area contributed by atoms with Crippen molar-refractivity contribution >= 4 is 11.6 Å². The summed E-state index contributed by atoms with van der Waals surface area (Å²) in [5.41, 5.74) is 3.71. The third kappa shape index (κ3) is 2.50. The van der Waals surface area contributed by atoms with Crippen LogP contribution in [0.5, 0.6) is 0 Å². The number of amides is 1. The van der Waals surface area contributed by atoms with Crippen LogP contribution in [0.15, 0.2) is 30.7 Å². The molecule has 0 saturated heterocycles. The van der Waals surface area contributed by atoms with E-state index in [0.29, 0.717) is 11.3 Å². The molecule has 0 bridgehead atoms. The van der Waals surface area contributed by atoms with Crippen LogP contribution in [0.2, 0.25) is 0 Å². The minimum atomic E-state index is -0.215. The van der Waals surface area contributed by atoms with Gasteiger partial charge in [-0.2, -0.15) is 5.10 Å². The number of carbonyl (C=O) groups excluding carboxylic acids is 1. The molecule has 1 aromatic carbocycles. The van der Waals surface area contributed by atoms with Crippen LogP contribution < -0.4 is 5.32 Å². The molecule has 8 heteroatoms. The van der Waals surface area contributed by atoms with Crippen molar-refractivity contribution in [2.24, 2.45) is 0 Å². The number of nitrogens with zero attached hydrogens (tertiary/aromatic N) is 5. The fraction of sp³-hybridized carbons (Fsp3) is 0.154. The van der Waals surface area contributed by atoms with Crippen LogP contribution >= 0.6 is 0 Å². The zero-order valence-corrected chi connectivity index (χ0v) is 11.5. The lowest BCUT2D eigenvalue weighted by Gasteiger charge is -2.09. The quantitative estimate of drug-likeness (QED) is 0.753. The number of aromatic nitrogens is 6. The van der Waals surface area contributed by atoms with E-state index in [4.69, 9.17) is 0 Å². The van der Waals surface area contributed by atoms with Gasteiger partial charge in [0.05, 0.1) is 17.4 Å². The van der Waals surface area contributed by atoms with E-state index in [2.05, 4.69) is 31.0 Å². The number of nitrogens with one attached hydrogen (secondary N) is 2. The van der Waals surface area contributed by atoms with Crippen molar-refractivity contribution in [2.75, 3.05) is 5.32 Å². The molecule has 0 aliphatic heterocycles. The monoisotopic (exact) mass is 283 g/mol. The minimum absolute atomic E-state index is 0.215. The van der Waals surface area contributed by atoms with Gasteiger partial charge < -0.3 is 5.32 Å². The Morgan fingerprint density at radius 3 is 2.86 bits per heavy atom. The van der Waals surface area contributed by atoms with Crippen LogP contribution in [0.3, 0.4) is 0 Å². The molecule has 0 spiro atoms. The minimum Gasteiger partial charge on any atom is -0.322 e. The summed E-state index contributed by atoms with van der Waals surface area (Å²) < 4.78 is 1.55. The van der Waals surface area contributed by atoms with Gasteiger partial charge in [0.15, 0.2) is 0 Å². The van der Waals surface area contributed by atoms with Crippen molar-refractivity contribution in [3.8, 4) is 5.69 Å². The smallest absolute Gasteiger partial charge is 0.259 e. The molecule has 0 fully saturated rings. The fourth-order valence-electron chi connectivity index (χ4n) is 1.98. The van der Waals surface area contributed by atoms with Gasteiger partial charge in [-0.25, -0.2) is 4.68 Å². The molecule has 2 aromatic heterocycles. The predicted octanol–water partition coefficient (Wildman–Crippen LogP) is 1.25. The number of carbonyl (C=O) groups is 1. The number of tetrazole rings is 1. The summed E-state index contributed by atoms with van der Waals surface area (Å²) in [6.45, 7) is 3.74. The first-order valence-electron chi connectivity index (χ1n) is 6.30. The van der Waals surface area contributed by atoms with E-state index in [1.54, 1.807) is 11.6 Å². The van der Waals surface area contributed by atoms with Crippen LogP contribution in [0.4, 0.5) is 5.69 Å². The second-order valence-electron chi connectivity index (χ2n) is 4.62. The topological polar surface area (TPSA) is 101 Å². The lowest BCUT2D eigenvalue weighted by Crippen LogP contribution is -2.13. The van der Waals surface area contributed by atoms with Crippen molar-refractivity contribution in [2.45, 2.75) is 13.8 Å². The molecule has 0 radical (unpaired) electrons. The van der Waals surface area contributed by atoms with Crippen molar-refractivity contribution in [3.63, 3.8) is 0 Å². The highest BCUT2D eigenvalue weighted by Crippen LogP contribution is 2.19. The van der Waals surface area contributed by atoms with Gasteiger partial charge >= 0.3 is 0 Å². The first kappa shape index (κ1) is 13.0. The number of aromatic amines is 1. The Kier molecular flexibility index (Phi) is 3.19. The number of rotatable bonds is 3. The van der Waals surface area contributed by atoms with Gasteiger partial charge in [-0.05, 0) is 42.0 Å². The van der Waals surface area contributed by atoms with Gasteiger partial charge in [0.25, 0.3) is 5.91 Å². The summed E-state index contributed by atoms with van der Waals surface area (Å²) in [5.74, 6) is -0.215. The fourth-order valence-corrected chi connectivity index (χ4v) is 1.98. The number of H-pyrrole nitrogens is 1. The molecule has 2 N–H and O–H groups in total. The normalized spacial score (nSPS) is 10.6.